The number of primary amides is 1. The summed E-state index contributed by atoms with van der Waals surface area (Å²) in [6, 6.07) is 19.8. The summed E-state index contributed by atoms with van der Waals surface area (Å²) in [4.78, 5) is 21.3. The number of amides is 1. The monoisotopic (exact) mass is 337 g/mol. The molecule has 0 aliphatic heterocycles. The molecule has 4 heteroatoms. The molecule has 1 heterocycles. The zero-order valence-electron chi connectivity index (χ0n) is 13.9. The van der Waals surface area contributed by atoms with Gasteiger partial charge in [0.25, 0.3) is 0 Å². The molecule has 0 saturated heterocycles. The molecule has 4 nitrogen and oxygen atoms in total. The SMILES string of the molecule is NC(=O)c1ccc(-c2cnc3ccccc3n2)c2c1Cc1ccccc1-2. The molecule has 0 radical (unpaired) electrons. The predicted octanol–water partition coefficient (Wildman–Crippen LogP) is 3.97. The van der Waals surface area contributed by atoms with Gasteiger partial charge in [0.2, 0.25) is 5.91 Å². The maximum absolute atomic E-state index is 11.9. The van der Waals surface area contributed by atoms with Crippen LogP contribution in [0.1, 0.15) is 21.5 Å². The summed E-state index contributed by atoms with van der Waals surface area (Å²) in [7, 11) is 0. The van der Waals surface area contributed by atoms with Crippen LogP contribution >= 0.6 is 0 Å². The van der Waals surface area contributed by atoms with Gasteiger partial charge in [-0.2, -0.15) is 0 Å². The van der Waals surface area contributed by atoms with Crippen LogP contribution in [0.4, 0.5) is 0 Å². The van der Waals surface area contributed by atoms with E-state index in [1.807, 2.05) is 42.5 Å². The van der Waals surface area contributed by atoms with Crippen LogP contribution in [0.15, 0.2) is 66.9 Å². The first-order chi connectivity index (χ1) is 12.7. The Balaban J connectivity index is 1.81. The van der Waals surface area contributed by atoms with E-state index >= 15 is 0 Å². The molecule has 1 amide bonds. The normalized spacial score (nSPS) is 12.0. The van der Waals surface area contributed by atoms with Gasteiger partial charge in [0.15, 0.2) is 0 Å². The van der Waals surface area contributed by atoms with Gasteiger partial charge in [0, 0.05) is 11.1 Å². The highest BCUT2D eigenvalue weighted by Crippen LogP contribution is 2.44. The van der Waals surface area contributed by atoms with Crippen LogP contribution in [-0.2, 0) is 6.42 Å². The van der Waals surface area contributed by atoms with E-state index in [0.29, 0.717) is 12.0 Å². The highest BCUT2D eigenvalue weighted by molar-refractivity contribution is 6.01. The molecule has 0 unspecified atom stereocenters. The highest BCUT2D eigenvalue weighted by Gasteiger charge is 2.26. The van der Waals surface area contributed by atoms with Gasteiger partial charge >= 0.3 is 0 Å². The Kier molecular flexibility index (Phi) is 3.12. The first-order valence-electron chi connectivity index (χ1n) is 8.48. The van der Waals surface area contributed by atoms with Crippen molar-refractivity contribution in [3.8, 4) is 22.4 Å². The molecule has 5 rings (SSSR count). The van der Waals surface area contributed by atoms with Crippen LogP contribution in [0.5, 0.6) is 0 Å². The van der Waals surface area contributed by atoms with Crippen molar-refractivity contribution in [2.75, 3.05) is 0 Å². The largest absolute Gasteiger partial charge is 0.366 e. The number of carbonyl (C=O) groups is 1. The Morgan fingerprint density at radius 1 is 0.885 bits per heavy atom. The minimum atomic E-state index is -0.398. The number of benzene rings is 3. The van der Waals surface area contributed by atoms with Crippen molar-refractivity contribution in [2.24, 2.45) is 5.73 Å². The first kappa shape index (κ1) is 14.8. The lowest BCUT2D eigenvalue weighted by molar-refractivity contribution is 0.0999. The Bertz CT molecular complexity index is 1200. The van der Waals surface area contributed by atoms with Gasteiger partial charge in [-0.05, 0) is 46.9 Å². The average Bonchev–Trinajstić information content (AvgIpc) is 3.06. The van der Waals surface area contributed by atoms with Gasteiger partial charge in [-0.3, -0.25) is 9.78 Å². The molecule has 1 aliphatic rings. The van der Waals surface area contributed by atoms with Crippen LogP contribution in [0.25, 0.3) is 33.4 Å². The molecular formula is C22H15N3O. The minimum Gasteiger partial charge on any atom is -0.366 e. The van der Waals surface area contributed by atoms with Gasteiger partial charge in [0.1, 0.15) is 0 Å². The lowest BCUT2D eigenvalue weighted by Gasteiger charge is -2.12. The zero-order chi connectivity index (χ0) is 17.7. The second-order valence-electron chi connectivity index (χ2n) is 6.46. The lowest BCUT2D eigenvalue weighted by atomic mass is 9.93. The van der Waals surface area contributed by atoms with Gasteiger partial charge in [0.05, 0.1) is 22.9 Å². The number of fused-ring (bicyclic) bond motifs is 4. The van der Waals surface area contributed by atoms with E-state index in [1.54, 1.807) is 12.3 Å². The molecule has 2 N–H and O–H groups in total. The smallest absolute Gasteiger partial charge is 0.249 e. The number of aromatic nitrogens is 2. The maximum atomic E-state index is 11.9. The minimum absolute atomic E-state index is 0.398. The van der Waals surface area contributed by atoms with Crippen LogP contribution in [0.2, 0.25) is 0 Å². The van der Waals surface area contributed by atoms with Crippen molar-refractivity contribution in [3.63, 3.8) is 0 Å². The summed E-state index contributed by atoms with van der Waals surface area (Å²) in [5, 5.41) is 0. The van der Waals surface area contributed by atoms with Crippen molar-refractivity contribution in [3.05, 3.63) is 83.6 Å². The van der Waals surface area contributed by atoms with E-state index in [1.165, 1.54) is 5.56 Å². The van der Waals surface area contributed by atoms with Crippen molar-refractivity contribution >= 4 is 16.9 Å². The second-order valence-corrected chi connectivity index (χ2v) is 6.46. The van der Waals surface area contributed by atoms with Gasteiger partial charge in [-0.25, -0.2) is 4.98 Å². The van der Waals surface area contributed by atoms with E-state index in [-0.39, 0.29) is 0 Å². The third kappa shape index (κ3) is 2.12. The number of para-hydroxylation sites is 2. The fourth-order valence-corrected chi connectivity index (χ4v) is 3.78. The molecule has 0 bridgehead atoms. The number of nitrogens with zero attached hydrogens (tertiary/aromatic N) is 2. The molecule has 1 aliphatic carbocycles. The molecule has 4 aromatic rings. The van der Waals surface area contributed by atoms with Crippen molar-refractivity contribution in [1.82, 2.24) is 9.97 Å². The number of carbonyl (C=O) groups excluding carboxylic acids is 1. The number of nitrogens with two attached hydrogens (primary N) is 1. The summed E-state index contributed by atoms with van der Waals surface area (Å²) in [6.07, 6.45) is 2.50. The Morgan fingerprint density at radius 2 is 1.65 bits per heavy atom. The standard InChI is InChI=1S/C22H15N3O/c23-22(26)15-9-10-16(20-12-24-18-7-3-4-8-19(18)25-20)21-14-6-2-1-5-13(14)11-17(15)21/h1-10,12H,11H2,(H2,23,26). The number of hydrogen-bond donors (Lipinski definition) is 1. The van der Waals surface area contributed by atoms with Crippen LogP contribution in [0, 0.1) is 0 Å². The highest BCUT2D eigenvalue weighted by atomic mass is 16.1. The second kappa shape index (κ2) is 5.49. The van der Waals surface area contributed by atoms with E-state index in [0.717, 1.165) is 39.0 Å². The van der Waals surface area contributed by atoms with E-state index < -0.39 is 5.91 Å². The summed E-state index contributed by atoms with van der Waals surface area (Å²) in [5.41, 5.74) is 14.0. The summed E-state index contributed by atoms with van der Waals surface area (Å²) >= 11 is 0. The predicted molar refractivity (Wildman–Crippen MR) is 102 cm³/mol. The van der Waals surface area contributed by atoms with Crippen LogP contribution in [-0.4, -0.2) is 15.9 Å². The topological polar surface area (TPSA) is 68.9 Å². The zero-order valence-corrected chi connectivity index (χ0v) is 13.9. The van der Waals surface area contributed by atoms with E-state index in [4.69, 9.17) is 10.7 Å². The van der Waals surface area contributed by atoms with Crippen LogP contribution in [0.3, 0.4) is 0 Å². The molecule has 1 aromatic heterocycles. The quantitative estimate of drug-likeness (QED) is 0.530. The fourth-order valence-electron chi connectivity index (χ4n) is 3.78. The van der Waals surface area contributed by atoms with Gasteiger partial charge in [-0.1, -0.05) is 42.5 Å². The van der Waals surface area contributed by atoms with Crippen molar-refractivity contribution < 1.29 is 4.79 Å². The summed E-state index contributed by atoms with van der Waals surface area (Å²) < 4.78 is 0. The first-order valence-corrected chi connectivity index (χ1v) is 8.48. The Hall–Kier alpha value is -3.53. The third-order valence-electron chi connectivity index (χ3n) is 4.96. The molecule has 124 valence electrons. The molecule has 0 atom stereocenters. The van der Waals surface area contributed by atoms with E-state index in [2.05, 4.69) is 17.1 Å². The molecule has 0 fully saturated rings. The Morgan fingerprint density at radius 3 is 2.50 bits per heavy atom. The summed E-state index contributed by atoms with van der Waals surface area (Å²) in [6.45, 7) is 0. The molecule has 26 heavy (non-hydrogen) atoms. The van der Waals surface area contributed by atoms with Crippen molar-refractivity contribution in [1.29, 1.82) is 0 Å². The van der Waals surface area contributed by atoms with Gasteiger partial charge in [-0.15, -0.1) is 0 Å². The maximum Gasteiger partial charge on any atom is 0.249 e. The summed E-state index contributed by atoms with van der Waals surface area (Å²) in [5.74, 6) is -0.398. The fraction of sp³-hybridized carbons (Fsp3) is 0.0455. The molecule has 0 spiro atoms. The Labute approximate surface area is 150 Å². The average molecular weight is 337 g/mol. The number of hydrogen-bond acceptors (Lipinski definition) is 3. The van der Waals surface area contributed by atoms with Crippen molar-refractivity contribution in [2.45, 2.75) is 6.42 Å². The number of rotatable bonds is 2. The molecular weight excluding hydrogens is 322 g/mol. The molecule has 0 saturated carbocycles. The van der Waals surface area contributed by atoms with Gasteiger partial charge < -0.3 is 5.73 Å². The van der Waals surface area contributed by atoms with E-state index in [9.17, 15) is 4.79 Å². The third-order valence-corrected chi connectivity index (χ3v) is 4.96. The molecule has 3 aromatic carbocycles. The van der Waals surface area contributed by atoms with Crippen LogP contribution < -0.4 is 5.73 Å². The lowest BCUT2D eigenvalue weighted by Crippen LogP contribution is -2.13.